The Labute approximate surface area is 128 Å². The second-order valence-electron chi connectivity index (χ2n) is 5.02. The summed E-state index contributed by atoms with van der Waals surface area (Å²) >= 11 is 0. The van der Waals surface area contributed by atoms with E-state index in [1.807, 2.05) is 0 Å². The van der Waals surface area contributed by atoms with Crippen LogP contribution in [0.1, 0.15) is 0 Å². The summed E-state index contributed by atoms with van der Waals surface area (Å²) in [7, 11) is 1.19. The van der Waals surface area contributed by atoms with Crippen molar-refractivity contribution in [1.29, 1.82) is 0 Å². The molecular weight excluding hydrogens is 316 g/mol. The molecule has 2 aliphatic heterocycles. The van der Waals surface area contributed by atoms with Gasteiger partial charge < -0.3 is 20.1 Å². The van der Waals surface area contributed by atoms with Crippen LogP contribution in [0, 0.1) is 0 Å². The largest absolute Gasteiger partial charge is 0.482 e. The van der Waals surface area contributed by atoms with Crippen molar-refractivity contribution in [3.8, 4) is 5.75 Å². The third-order valence-corrected chi connectivity index (χ3v) is 3.54. The number of carbonyl (C=O) groups excluding carboxylic acids is 3. The number of carbonyl (C=O) groups is 3. The number of cyclic esters (lactones) is 1. The molecule has 3 rings (SSSR count). The average Bonchev–Trinajstić information content (AvgIpc) is 2.86. The number of nitrogens with two attached hydrogens (primary N) is 1. The zero-order valence-electron chi connectivity index (χ0n) is 11.8. The first kappa shape index (κ1) is 15.0. The van der Waals surface area contributed by atoms with Gasteiger partial charge in [0.25, 0.3) is 5.91 Å². The maximum Gasteiger partial charge on any atom is 0.482 e. The van der Waals surface area contributed by atoms with Crippen LogP contribution in [0.15, 0.2) is 18.2 Å². The van der Waals surface area contributed by atoms with Crippen LogP contribution in [-0.2, 0) is 14.3 Å². The number of likely N-dealkylation sites (N-methyl/N-ethyl adjacent to an activating group) is 1. The summed E-state index contributed by atoms with van der Waals surface area (Å²) in [6, 6.07) is 3.93. The van der Waals surface area contributed by atoms with Crippen molar-refractivity contribution in [2.75, 3.05) is 23.4 Å². The molecule has 3 amide bonds. The summed E-state index contributed by atoms with van der Waals surface area (Å²) in [6.45, 7) is -0.141. The van der Waals surface area contributed by atoms with Crippen LogP contribution in [0.4, 0.5) is 25.0 Å². The smallest absolute Gasteiger partial charge is 0.434 e. The highest BCUT2D eigenvalue weighted by Gasteiger charge is 2.49. The van der Waals surface area contributed by atoms with Crippen molar-refractivity contribution >= 4 is 29.3 Å². The van der Waals surface area contributed by atoms with Crippen molar-refractivity contribution < 1.29 is 32.6 Å². The van der Waals surface area contributed by atoms with E-state index in [0.29, 0.717) is 0 Å². The molecular formula is C13H11F2N3O5. The summed E-state index contributed by atoms with van der Waals surface area (Å²) in [6.07, 6.45) is -5.95. The van der Waals surface area contributed by atoms with Crippen molar-refractivity contribution in [2.45, 2.75) is 12.2 Å². The molecule has 0 bridgehead atoms. The van der Waals surface area contributed by atoms with Gasteiger partial charge in [0.15, 0.2) is 11.9 Å². The van der Waals surface area contributed by atoms with Crippen LogP contribution in [0.3, 0.4) is 0 Å². The lowest BCUT2D eigenvalue weighted by atomic mass is 10.2. The van der Waals surface area contributed by atoms with Gasteiger partial charge >= 0.3 is 18.1 Å². The van der Waals surface area contributed by atoms with E-state index >= 15 is 0 Å². The lowest BCUT2D eigenvalue weighted by Gasteiger charge is -2.31. The number of ether oxygens (including phenoxy) is 2. The van der Waals surface area contributed by atoms with Gasteiger partial charge in [-0.1, -0.05) is 0 Å². The molecule has 8 nitrogen and oxygen atoms in total. The van der Waals surface area contributed by atoms with Crippen molar-refractivity contribution in [3.63, 3.8) is 0 Å². The predicted molar refractivity (Wildman–Crippen MR) is 72.2 cm³/mol. The number of hydrogen-bond donors (Lipinski definition) is 1. The fourth-order valence-electron chi connectivity index (χ4n) is 2.34. The Balaban J connectivity index is 1.95. The van der Waals surface area contributed by atoms with E-state index < -0.39 is 30.1 Å². The molecule has 1 saturated heterocycles. The number of nitrogens with zero attached hydrogens (tertiary/aromatic N) is 2. The quantitative estimate of drug-likeness (QED) is 0.849. The van der Waals surface area contributed by atoms with Gasteiger partial charge in [-0.3, -0.25) is 14.5 Å². The first-order chi connectivity index (χ1) is 10.7. The monoisotopic (exact) mass is 327 g/mol. The minimum atomic E-state index is -4.00. The van der Waals surface area contributed by atoms with E-state index in [4.69, 9.17) is 10.5 Å². The highest BCUT2D eigenvalue weighted by atomic mass is 19.3. The number of rotatable bonds is 2. The van der Waals surface area contributed by atoms with Gasteiger partial charge in [-0.05, 0) is 12.1 Å². The Morgan fingerprint density at radius 2 is 2.09 bits per heavy atom. The van der Waals surface area contributed by atoms with Crippen LogP contribution >= 0.6 is 0 Å². The Kier molecular flexibility index (Phi) is 3.13. The van der Waals surface area contributed by atoms with Gasteiger partial charge in [0.05, 0.1) is 17.9 Å². The average molecular weight is 327 g/mol. The molecule has 1 fully saturated rings. The van der Waals surface area contributed by atoms with Crippen LogP contribution in [0.5, 0.6) is 5.75 Å². The number of alkyl halides is 2. The van der Waals surface area contributed by atoms with Crippen LogP contribution in [0.2, 0.25) is 0 Å². The molecule has 1 aromatic rings. The molecule has 2 aliphatic rings. The Bertz CT molecular complexity index is 724. The molecule has 10 heteroatoms. The van der Waals surface area contributed by atoms with E-state index in [9.17, 15) is 23.2 Å². The lowest BCUT2D eigenvalue weighted by Crippen LogP contribution is -2.49. The highest BCUT2D eigenvalue weighted by molar-refractivity contribution is 6.01. The van der Waals surface area contributed by atoms with Gasteiger partial charge in [0.1, 0.15) is 0 Å². The number of hydrogen-bond acceptors (Lipinski definition) is 5. The van der Waals surface area contributed by atoms with Gasteiger partial charge in [-0.25, -0.2) is 4.79 Å². The maximum absolute atomic E-state index is 13.5. The predicted octanol–water partition coefficient (Wildman–Crippen LogP) is 0.445. The minimum absolute atomic E-state index is 0.128. The van der Waals surface area contributed by atoms with Crippen LogP contribution < -0.4 is 20.3 Å². The first-order valence-corrected chi connectivity index (χ1v) is 6.47. The van der Waals surface area contributed by atoms with Crippen molar-refractivity contribution in [3.05, 3.63) is 18.2 Å². The van der Waals surface area contributed by atoms with E-state index in [0.717, 1.165) is 15.9 Å². The molecule has 0 aliphatic carbocycles. The molecule has 2 N–H and O–H groups in total. The van der Waals surface area contributed by atoms with Crippen molar-refractivity contribution in [1.82, 2.24) is 0 Å². The highest BCUT2D eigenvalue weighted by Crippen LogP contribution is 2.41. The molecule has 0 radical (unpaired) electrons. The molecule has 0 unspecified atom stereocenters. The summed E-state index contributed by atoms with van der Waals surface area (Å²) in [5, 5.41) is 0. The van der Waals surface area contributed by atoms with Crippen LogP contribution in [0.25, 0.3) is 0 Å². The number of anilines is 2. The number of amides is 3. The zero-order chi connectivity index (χ0) is 16.9. The number of fused-ring (bicyclic) bond motifs is 1. The summed E-state index contributed by atoms with van der Waals surface area (Å²) in [4.78, 5) is 36.1. The molecule has 0 spiro atoms. The third-order valence-electron chi connectivity index (χ3n) is 3.54. The van der Waals surface area contributed by atoms with E-state index in [-0.39, 0.29) is 23.7 Å². The van der Waals surface area contributed by atoms with E-state index in [2.05, 4.69) is 4.74 Å². The second-order valence-corrected chi connectivity index (χ2v) is 5.02. The molecule has 122 valence electrons. The topological polar surface area (TPSA) is 102 Å². The van der Waals surface area contributed by atoms with E-state index in [1.54, 1.807) is 0 Å². The third kappa shape index (κ3) is 2.31. The molecule has 2 heterocycles. The Hall–Kier alpha value is -2.91. The van der Waals surface area contributed by atoms with Crippen LogP contribution in [-0.4, -0.2) is 43.7 Å². The number of benzene rings is 1. The minimum Gasteiger partial charge on any atom is -0.434 e. The molecule has 1 atom stereocenters. The standard InChI is InChI=1S/C13H11F2N3O5/c1-17-7-3-2-6(4-8(7)23-13(14,15)11(17)20)18-5-9(10(16)19)22-12(18)21/h2-4,9H,5H2,1H3,(H2,16,19)/t9-/m1/s1. The second kappa shape index (κ2) is 4.80. The first-order valence-electron chi connectivity index (χ1n) is 6.47. The fraction of sp³-hybridized carbons (Fsp3) is 0.308. The van der Waals surface area contributed by atoms with Gasteiger partial charge in [0, 0.05) is 13.1 Å². The molecule has 0 saturated carbocycles. The molecule has 1 aromatic carbocycles. The zero-order valence-corrected chi connectivity index (χ0v) is 11.8. The maximum atomic E-state index is 13.5. The SMILES string of the molecule is CN1C(=O)C(F)(F)Oc2cc(N3C[C@H](C(N)=O)OC3=O)ccc21. The molecule has 23 heavy (non-hydrogen) atoms. The van der Waals surface area contributed by atoms with Crippen molar-refractivity contribution in [2.24, 2.45) is 5.73 Å². The normalized spacial score (nSPS) is 22.5. The summed E-state index contributed by atoms with van der Waals surface area (Å²) in [5.74, 6) is -2.58. The van der Waals surface area contributed by atoms with Gasteiger partial charge in [0.2, 0.25) is 0 Å². The Morgan fingerprint density at radius 1 is 1.39 bits per heavy atom. The van der Waals surface area contributed by atoms with E-state index in [1.165, 1.54) is 19.2 Å². The van der Waals surface area contributed by atoms with Gasteiger partial charge in [-0.2, -0.15) is 8.78 Å². The number of halogens is 2. The van der Waals surface area contributed by atoms with Gasteiger partial charge in [-0.15, -0.1) is 0 Å². The molecule has 0 aromatic heterocycles. The Morgan fingerprint density at radius 3 is 2.70 bits per heavy atom. The summed E-state index contributed by atoms with van der Waals surface area (Å²) in [5.41, 5.74) is 5.37. The lowest BCUT2D eigenvalue weighted by molar-refractivity contribution is -0.192. The fourth-order valence-corrected chi connectivity index (χ4v) is 2.34. The number of primary amides is 1. The summed E-state index contributed by atoms with van der Waals surface area (Å²) < 4.78 is 36.2.